The normalized spacial score (nSPS) is 37.9. The molecular weight excluding hydrogens is 328 g/mol. The van der Waals surface area contributed by atoms with E-state index in [2.05, 4.69) is 28.6 Å². The minimum absolute atomic E-state index is 0.266. The monoisotopic (exact) mass is 360 g/mol. The summed E-state index contributed by atoms with van der Waals surface area (Å²) in [7, 11) is 1.94. The van der Waals surface area contributed by atoms with Crippen molar-refractivity contribution in [3.63, 3.8) is 0 Å². The summed E-state index contributed by atoms with van der Waals surface area (Å²) < 4.78 is 1.93. The number of hydrogen-bond acceptors (Lipinski definition) is 4. The second-order valence-electron chi connectivity index (χ2n) is 9.10. The molecule has 1 N–H and O–H groups in total. The summed E-state index contributed by atoms with van der Waals surface area (Å²) in [6.07, 6.45) is 8.35. The minimum atomic E-state index is -0.863. The zero-order valence-electron chi connectivity index (χ0n) is 16.3. The highest BCUT2D eigenvalue weighted by Gasteiger charge is 2.50. The van der Waals surface area contributed by atoms with Gasteiger partial charge in [0, 0.05) is 44.6 Å². The molecule has 0 unspecified atom stereocenters. The zero-order chi connectivity index (χ0) is 18.5. The lowest BCUT2D eigenvalue weighted by Crippen LogP contribution is -2.54. The number of aromatic nitrogens is 2. The number of piperidine rings is 2. The van der Waals surface area contributed by atoms with Crippen LogP contribution >= 0.6 is 0 Å². The number of carbonyl (C=O) groups is 1. The molecule has 4 rings (SSSR count). The Morgan fingerprint density at radius 2 is 1.85 bits per heavy atom. The van der Waals surface area contributed by atoms with E-state index in [1.807, 2.05) is 17.8 Å². The Labute approximate surface area is 156 Å². The number of fused-ring (bicyclic) bond motifs is 2. The number of aryl methyl sites for hydroxylation is 1. The summed E-state index contributed by atoms with van der Waals surface area (Å²) in [6.45, 7) is 6.78. The number of hydrogen-bond donors (Lipinski definition) is 1. The van der Waals surface area contributed by atoms with Gasteiger partial charge < -0.3 is 14.6 Å². The van der Waals surface area contributed by atoms with E-state index in [0.29, 0.717) is 31.2 Å². The number of likely N-dealkylation sites (tertiary alicyclic amines) is 1. The molecule has 2 bridgehead atoms. The maximum atomic E-state index is 12.9. The lowest BCUT2D eigenvalue weighted by atomic mass is 9.85. The number of rotatable bonds is 3. The molecule has 3 aliphatic heterocycles. The standard InChI is InChI=1S/C20H32N4O2/c1-14-8-15(2)12-23(11-14)18(25)13-24-16-4-5-17(24)10-20(26,9-16)19-21-6-7-22(19)3/h6-7,14-17,26H,4-5,8-13H2,1-3H3/t14-,15-,16-,17-/m1/s1. The van der Waals surface area contributed by atoms with Crippen LogP contribution in [-0.2, 0) is 17.4 Å². The first-order chi connectivity index (χ1) is 12.4. The molecule has 6 heteroatoms. The van der Waals surface area contributed by atoms with Crippen LogP contribution < -0.4 is 0 Å². The molecule has 0 aromatic carbocycles. The average molecular weight is 361 g/mol. The highest BCUT2D eigenvalue weighted by atomic mass is 16.3. The molecule has 0 radical (unpaired) electrons. The summed E-state index contributed by atoms with van der Waals surface area (Å²) in [5.74, 6) is 2.21. The quantitative estimate of drug-likeness (QED) is 0.892. The number of carbonyl (C=O) groups excluding carboxylic acids is 1. The predicted octanol–water partition coefficient (Wildman–Crippen LogP) is 1.74. The van der Waals surface area contributed by atoms with Crippen molar-refractivity contribution in [3.05, 3.63) is 18.2 Å². The summed E-state index contributed by atoms with van der Waals surface area (Å²) >= 11 is 0. The molecule has 26 heavy (non-hydrogen) atoms. The van der Waals surface area contributed by atoms with E-state index in [0.717, 1.165) is 31.8 Å². The highest BCUT2D eigenvalue weighted by molar-refractivity contribution is 5.78. The molecule has 1 aromatic rings. The molecule has 144 valence electrons. The van der Waals surface area contributed by atoms with E-state index in [4.69, 9.17) is 0 Å². The topological polar surface area (TPSA) is 61.6 Å². The Hall–Kier alpha value is -1.40. The maximum absolute atomic E-state index is 12.9. The number of imidazole rings is 1. The third-order valence-electron chi connectivity index (χ3n) is 6.69. The third-order valence-corrected chi connectivity index (χ3v) is 6.69. The van der Waals surface area contributed by atoms with Gasteiger partial charge in [-0.1, -0.05) is 13.8 Å². The summed E-state index contributed by atoms with van der Waals surface area (Å²) in [5, 5.41) is 11.3. The number of aliphatic hydroxyl groups is 1. The van der Waals surface area contributed by atoms with Gasteiger partial charge in [0.2, 0.25) is 5.91 Å². The number of nitrogens with zero attached hydrogens (tertiary/aromatic N) is 4. The lowest BCUT2D eigenvalue weighted by Gasteiger charge is -2.44. The van der Waals surface area contributed by atoms with Crippen LogP contribution in [0.5, 0.6) is 0 Å². The van der Waals surface area contributed by atoms with Crippen molar-refractivity contribution in [3.8, 4) is 0 Å². The van der Waals surface area contributed by atoms with Gasteiger partial charge in [0.25, 0.3) is 0 Å². The van der Waals surface area contributed by atoms with Crippen molar-refractivity contribution in [1.29, 1.82) is 0 Å². The van der Waals surface area contributed by atoms with Crippen LogP contribution in [0.25, 0.3) is 0 Å². The molecule has 3 fully saturated rings. The molecule has 6 nitrogen and oxygen atoms in total. The first-order valence-corrected chi connectivity index (χ1v) is 10.1. The second-order valence-corrected chi connectivity index (χ2v) is 9.10. The Balaban J connectivity index is 1.44. The van der Waals surface area contributed by atoms with Crippen LogP contribution in [0.1, 0.15) is 51.8 Å². The fraction of sp³-hybridized carbons (Fsp3) is 0.800. The van der Waals surface area contributed by atoms with Gasteiger partial charge in [-0.3, -0.25) is 9.69 Å². The Bertz CT molecular complexity index is 649. The zero-order valence-corrected chi connectivity index (χ0v) is 16.3. The SMILES string of the molecule is C[C@@H]1C[C@@H](C)CN(C(=O)CN2[C@@H]3CC[C@@H]2CC(O)(c2nccn2C)C3)C1. The van der Waals surface area contributed by atoms with Crippen molar-refractivity contribution in [2.24, 2.45) is 18.9 Å². The van der Waals surface area contributed by atoms with Crippen LogP contribution in [0.3, 0.4) is 0 Å². The van der Waals surface area contributed by atoms with Gasteiger partial charge in [0.05, 0.1) is 6.54 Å². The Morgan fingerprint density at radius 3 is 2.38 bits per heavy atom. The van der Waals surface area contributed by atoms with Gasteiger partial charge in [-0.15, -0.1) is 0 Å². The van der Waals surface area contributed by atoms with Crippen molar-refractivity contribution in [1.82, 2.24) is 19.4 Å². The first-order valence-electron chi connectivity index (χ1n) is 10.1. The van der Waals surface area contributed by atoms with Crippen LogP contribution in [-0.4, -0.2) is 62.1 Å². The molecule has 3 saturated heterocycles. The Morgan fingerprint density at radius 1 is 1.23 bits per heavy atom. The Kier molecular flexibility index (Phi) is 4.59. The maximum Gasteiger partial charge on any atom is 0.236 e. The van der Waals surface area contributed by atoms with Gasteiger partial charge in [0.1, 0.15) is 11.4 Å². The highest BCUT2D eigenvalue weighted by Crippen LogP contribution is 2.45. The van der Waals surface area contributed by atoms with E-state index in [9.17, 15) is 9.90 Å². The fourth-order valence-electron chi connectivity index (χ4n) is 5.69. The van der Waals surface area contributed by atoms with Gasteiger partial charge in [-0.05, 0) is 43.9 Å². The van der Waals surface area contributed by atoms with E-state index >= 15 is 0 Å². The van der Waals surface area contributed by atoms with E-state index in [1.54, 1.807) is 6.20 Å². The average Bonchev–Trinajstić information content (AvgIpc) is 3.09. The largest absolute Gasteiger partial charge is 0.382 e. The summed E-state index contributed by atoms with van der Waals surface area (Å²) in [6, 6.07) is 0.554. The third kappa shape index (κ3) is 3.18. The minimum Gasteiger partial charge on any atom is -0.382 e. The fourth-order valence-corrected chi connectivity index (χ4v) is 5.69. The molecular formula is C20H32N4O2. The molecule has 0 aliphatic carbocycles. The molecule has 1 amide bonds. The van der Waals surface area contributed by atoms with Crippen LogP contribution in [0.4, 0.5) is 0 Å². The molecule has 4 atom stereocenters. The summed E-state index contributed by atoms with van der Waals surface area (Å²) in [4.78, 5) is 21.8. The van der Waals surface area contributed by atoms with Crippen LogP contribution in [0.2, 0.25) is 0 Å². The van der Waals surface area contributed by atoms with Crippen molar-refractivity contribution in [2.75, 3.05) is 19.6 Å². The molecule has 0 saturated carbocycles. The van der Waals surface area contributed by atoms with Crippen molar-refractivity contribution >= 4 is 5.91 Å². The molecule has 0 spiro atoms. The molecule has 4 heterocycles. The van der Waals surface area contributed by atoms with Crippen LogP contribution in [0, 0.1) is 11.8 Å². The van der Waals surface area contributed by atoms with Crippen LogP contribution in [0.15, 0.2) is 12.4 Å². The van der Waals surface area contributed by atoms with Gasteiger partial charge in [-0.2, -0.15) is 0 Å². The van der Waals surface area contributed by atoms with E-state index in [-0.39, 0.29) is 18.0 Å². The van der Waals surface area contributed by atoms with Gasteiger partial charge in [-0.25, -0.2) is 4.98 Å². The van der Waals surface area contributed by atoms with Crippen molar-refractivity contribution in [2.45, 2.75) is 63.6 Å². The lowest BCUT2D eigenvalue weighted by molar-refractivity contribution is -0.138. The second kappa shape index (κ2) is 6.64. The van der Waals surface area contributed by atoms with E-state index < -0.39 is 5.60 Å². The first kappa shape index (κ1) is 18.0. The van der Waals surface area contributed by atoms with Gasteiger partial charge in [0.15, 0.2) is 0 Å². The predicted molar refractivity (Wildman–Crippen MR) is 99.4 cm³/mol. The van der Waals surface area contributed by atoms with E-state index in [1.165, 1.54) is 6.42 Å². The van der Waals surface area contributed by atoms with Crippen molar-refractivity contribution < 1.29 is 9.90 Å². The molecule has 3 aliphatic rings. The number of amides is 1. The summed E-state index contributed by atoms with van der Waals surface area (Å²) in [5.41, 5.74) is -0.863. The van der Waals surface area contributed by atoms with Gasteiger partial charge >= 0.3 is 0 Å². The smallest absolute Gasteiger partial charge is 0.236 e. The molecule has 1 aromatic heterocycles.